The van der Waals surface area contributed by atoms with Crippen LogP contribution in [0.15, 0.2) is 18.2 Å². The molecule has 0 radical (unpaired) electrons. The summed E-state index contributed by atoms with van der Waals surface area (Å²) in [5, 5.41) is 0. The van der Waals surface area contributed by atoms with Gasteiger partial charge in [0.15, 0.2) is 0 Å². The minimum atomic E-state index is -0.204. The molecule has 16 heavy (non-hydrogen) atoms. The van der Waals surface area contributed by atoms with E-state index in [1.165, 1.54) is 30.1 Å². The molecule has 90 valence electrons. The van der Waals surface area contributed by atoms with Crippen molar-refractivity contribution < 1.29 is 9.13 Å². The van der Waals surface area contributed by atoms with Gasteiger partial charge in [-0.25, -0.2) is 4.39 Å². The molecule has 0 bridgehead atoms. The lowest BCUT2D eigenvalue weighted by Crippen LogP contribution is -1.99. The van der Waals surface area contributed by atoms with Gasteiger partial charge in [-0.3, -0.25) is 0 Å². The van der Waals surface area contributed by atoms with Crippen molar-refractivity contribution in [2.24, 2.45) is 0 Å². The minimum absolute atomic E-state index is 0.204. The van der Waals surface area contributed by atoms with Gasteiger partial charge in [-0.15, -0.1) is 0 Å². The van der Waals surface area contributed by atoms with Gasteiger partial charge in [-0.1, -0.05) is 6.92 Å². The van der Waals surface area contributed by atoms with E-state index in [2.05, 4.69) is 6.92 Å². The summed E-state index contributed by atoms with van der Waals surface area (Å²) >= 11 is 1.95. The second-order valence-electron chi connectivity index (χ2n) is 3.66. The van der Waals surface area contributed by atoms with Crippen LogP contribution < -0.4 is 4.74 Å². The van der Waals surface area contributed by atoms with Gasteiger partial charge >= 0.3 is 0 Å². The lowest BCUT2D eigenvalue weighted by atomic mass is 10.2. The molecule has 0 aliphatic carbocycles. The Balaban J connectivity index is 2.21. The maximum absolute atomic E-state index is 12.8. The highest BCUT2D eigenvalue weighted by molar-refractivity contribution is 7.99. The van der Waals surface area contributed by atoms with E-state index >= 15 is 0 Å². The number of thioether (sulfide) groups is 1. The summed E-state index contributed by atoms with van der Waals surface area (Å²) in [6, 6.07) is 4.64. The zero-order valence-electron chi connectivity index (χ0n) is 9.96. The Morgan fingerprint density at radius 2 is 2.12 bits per heavy atom. The maximum Gasteiger partial charge on any atom is 0.123 e. The average Bonchev–Trinajstić information content (AvgIpc) is 2.26. The molecule has 1 rings (SSSR count). The zero-order chi connectivity index (χ0) is 11.8. The lowest BCUT2D eigenvalue weighted by Gasteiger charge is -2.08. The fourth-order valence-electron chi connectivity index (χ4n) is 1.41. The van der Waals surface area contributed by atoms with E-state index in [0.29, 0.717) is 0 Å². The quantitative estimate of drug-likeness (QED) is 0.667. The molecule has 0 atom stereocenters. The molecule has 0 aliphatic rings. The fraction of sp³-hybridized carbons (Fsp3) is 0.538. The first-order chi connectivity index (χ1) is 7.74. The van der Waals surface area contributed by atoms with Crippen molar-refractivity contribution in [2.45, 2.75) is 26.7 Å². The number of halogens is 1. The number of aryl methyl sites for hydroxylation is 1. The SMILES string of the molecule is CCSCCCCOc1ccc(F)cc1C. The molecule has 0 saturated carbocycles. The van der Waals surface area contributed by atoms with E-state index < -0.39 is 0 Å². The van der Waals surface area contributed by atoms with E-state index in [4.69, 9.17) is 4.74 Å². The van der Waals surface area contributed by atoms with Crippen molar-refractivity contribution in [1.29, 1.82) is 0 Å². The number of rotatable bonds is 7. The Morgan fingerprint density at radius 1 is 1.31 bits per heavy atom. The zero-order valence-corrected chi connectivity index (χ0v) is 10.8. The van der Waals surface area contributed by atoms with Crippen LogP contribution in [0.2, 0.25) is 0 Å². The number of unbranched alkanes of at least 4 members (excludes halogenated alkanes) is 1. The Hall–Kier alpha value is -0.700. The molecule has 0 aromatic heterocycles. The van der Waals surface area contributed by atoms with Gasteiger partial charge in [-0.05, 0) is 55.0 Å². The van der Waals surface area contributed by atoms with E-state index in [1.807, 2.05) is 18.7 Å². The molecular formula is C13H19FOS. The van der Waals surface area contributed by atoms with Gasteiger partial charge in [0.05, 0.1) is 6.61 Å². The molecule has 0 heterocycles. The van der Waals surface area contributed by atoms with Crippen LogP contribution in [0.1, 0.15) is 25.3 Å². The van der Waals surface area contributed by atoms with E-state index in [1.54, 1.807) is 6.07 Å². The largest absolute Gasteiger partial charge is 0.493 e. The third-order valence-corrected chi connectivity index (χ3v) is 3.27. The molecular weight excluding hydrogens is 223 g/mol. The van der Waals surface area contributed by atoms with Gasteiger partial charge < -0.3 is 4.74 Å². The Morgan fingerprint density at radius 3 is 2.81 bits per heavy atom. The Bertz CT molecular complexity index is 315. The van der Waals surface area contributed by atoms with Crippen LogP contribution in [0, 0.1) is 12.7 Å². The normalized spacial score (nSPS) is 10.4. The topological polar surface area (TPSA) is 9.23 Å². The summed E-state index contributed by atoms with van der Waals surface area (Å²) in [5.41, 5.74) is 0.864. The molecule has 3 heteroatoms. The summed E-state index contributed by atoms with van der Waals surface area (Å²) in [4.78, 5) is 0. The highest BCUT2D eigenvalue weighted by Crippen LogP contribution is 2.18. The van der Waals surface area contributed by atoms with Gasteiger partial charge in [-0.2, -0.15) is 11.8 Å². The van der Waals surface area contributed by atoms with Crippen LogP contribution in [-0.2, 0) is 0 Å². The first kappa shape index (κ1) is 13.4. The fourth-order valence-corrected chi connectivity index (χ4v) is 2.10. The summed E-state index contributed by atoms with van der Waals surface area (Å²) < 4.78 is 18.4. The van der Waals surface area contributed by atoms with Crippen LogP contribution >= 0.6 is 11.8 Å². The second kappa shape index (κ2) is 7.55. The first-order valence-electron chi connectivity index (χ1n) is 5.70. The molecule has 0 amide bonds. The van der Waals surface area contributed by atoms with Crippen LogP contribution in [0.4, 0.5) is 4.39 Å². The number of hydrogen-bond donors (Lipinski definition) is 0. The Kier molecular flexibility index (Phi) is 6.31. The standard InChI is InChI=1S/C13H19FOS/c1-3-16-9-5-4-8-15-13-7-6-12(14)10-11(13)2/h6-7,10H,3-5,8-9H2,1-2H3. The monoisotopic (exact) mass is 242 g/mol. The lowest BCUT2D eigenvalue weighted by molar-refractivity contribution is 0.307. The average molecular weight is 242 g/mol. The highest BCUT2D eigenvalue weighted by atomic mass is 32.2. The predicted octanol–water partition coefficient (Wildman–Crippen LogP) is 4.05. The molecule has 0 aliphatic heterocycles. The third-order valence-electron chi connectivity index (χ3n) is 2.28. The van der Waals surface area contributed by atoms with Crippen LogP contribution in [0.3, 0.4) is 0 Å². The minimum Gasteiger partial charge on any atom is -0.493 e. The summed E-state index contributed by atoms with van der Waals surface area (Å²) in [5.74, 6) is 2.97. The molecule has 0 unspecified atom stereocenters. The highest BCUT2D eigenvalue weighted by Gasteiger charge is 2.00. The van der Waals surface area contributed by atoms with Gasteiger partial charge in [0.2, 0.25) is 0 Å². The van der Waals surface area contributed by atoms with E-state index in [9.17, 15) is 4.39 Å². The second-order valence-corrected chi connectivity index (χ2v) is 5.06. The van der Waals surface area contributed by atoms with Crippen molar-refractivity contribution in [1.82, 2.24) is 0 Å². The number of hydrogen-bond acceptors (Lipinski definition) is 2. The Labute approximate surface area is 101 Å². The smallest absolute Gasteiger partial charge is 0.123 e. The molecule has 0 fully saturated rings. The van der Waals surface area contributed by atoms with Crippen molar-refractivity contribution in [3.8, 4) is 5.75 Å². The van der Waals surface area contributed by atoms with Crippen LogP contribution in [0.25, 0.3) is 0 Å². The van der Waals surface area contributed by atoms with Gasteiger partial charge in [0, 0.05) is 0 Å². The van der Waals surface area contributed by atoms with Gasteiger partial charge in [0.25, 0.3) is 0 Å². The van der Waals surface area contributed by atoms with Crippen LogP contribution in [0.5, 0.6) is 5.75 Å². The van der Waals surface area contributed by atoms with Crippen molar-refractivity contribution in [2.75, 3.05) is 18.1 Å². The molecule has 1 aromatic carbocycles. The molecule has 0 spiro atoms. The summed E-state index contributed by atoms with van der Waals surface area (Å²) in [6.07, 6.45) is 2.24. The van der Waals surface area contributed by atoms with E-state index in [-0.39, 0.29) is 5.82 Å². The van der Waals surface area contributed by atoms with Gasteiger partial charge in [0.1, 0.15) is 11.6 Å². The van der Waals surface area contributed by atoms with Crippen molar-refractivity contribution >= 4 is 11.8 Å². The maximum atomic E-state index is 12.8. The molecule has 1 nitrogen and oxygen atoms in total. The summed E-state index contributed by atoms with van der Waals surface area (Å²) in [7, 11) is 0. The molecule has 0 saturated heterocycles. The third kappa shape index (κ3) is 4.88. The van der Waals surface area contributed by atoms with Crippen LogP contribution in [-0.4, -0.2) is 18.1 Å². The molecule has 1 aromatic rings. The molecule has 0 N–H and O–H groups in total. The van der Waals surface area contributed by atoms with Crippen molar-refractivity contribution in [3.05, 3.63) is 29.6 Å². The van der Waals surface area contributed by atoms with Crippen molar-refractivity contribution in [3.63, 3.8) is 0 Å². The number of ether oxygens (including phenoxy) is 1. The summed E-state index contributed by atoms with van der Waals surface area (Å²) in [6.45, 7) is 4.76. The number of benzene rings is 1. The van der Waals surface area contributed by atoms with E-state index in [0.717, 1.165) is 24.3 Å². The predicted molar refractivity (Wildman–Crippen MR) is 68.9 cm³/mol. The first-order valence-corrected chi connectivity index (χ1v) is 6.86.